The smallest absolute Gasteiger partial charge is 0.307 e. The van der Waals surface area contributed by atoms with Crippen molar-refractivity contribution in [2.75, 3.05) is 0 Å². The van der Waals surface area contributed by atoms with Crippen molar-refractivity contribution in [2.24, 2.45) is 23.7 Å². The average molecular weight is 306 g/mol. The highest BCUT2D eigenvalue weighted by Gasteiger charge is 2.51. The minimum atomic E-state index is -0.868. The molecule has 4 atom stereocenters. The SMILES string of the molecule is Cc1nc(CNC(=O)C2C3C=CC(C3)C2C(=O)O)sc1C. The van der Waals surface area contributed by atoms with Crippen LogP contribution in [0, 0.1) is 37.5 Å². The Morgan fingerprint density at radius 1 is 1.33 bits per heavy atom. The first kappa shape index (κ1) is 14.3. The zero-order valence-electron chi connectivity index (χ0n) is 12.0. The Bertz CT molecular complexity index is 603. The third-order valence-corrected chi connectivity index (χ3v) is 5.61. The number of carbonyl (C=O) groups is 2. The van der Waals surface area contributed by atoms with Crippen molar-refractivity contribution < 1.29 is 14.7 Å². The highest BCUT2D eigenvalue weighted by atomic mass is 32.1. The summed E-state index contributed by atoms with van der Waals surface area (Å²) in [5.74, 6) is -1.99. The van der Waals surface area contributed by atoms with Gasteiger partial charge in [0.05, 0.1) is 24.1 Å². The maximum absolute atomic E-state index is 12.4. The van der Waals surface area contributed by atoms with Crippen LogP contribution in [0.2, 0.25) is 0 Å². The summed E-state index contributed by atoms with van der Waals surface area (Å²) in [6, 6.07) is 0. The van der Waals surface area contributed by atoms with Crippen LogP contribution in [0.25, 0.3) is 0 Å². The Labute approximate surface area is 127 Å². The van der Waals surface area contributed by atoms with Gasteiger partial charge in [-0.05, 0) is 32.1 Å². The molecule has 112 valence electrons. The fourth-order valence-electron chi connectivity index (χ4n) is 3.41. The van der Waals surface area contributed by atoms with Crippen LogP contribution in [0.15, 0.2) is 12.2 Å². The number of nitrogens with one attached hydrogen (secondary N) is 1. The lowest BCUT2D eigenvalue weighted by molar-refractivity contribution is -0.147. The van der Waals surface area contributed by atoms with Crippen LogP contribution >= 0.6 is 11.3 Å². The highest BCUT2D eigenvalue weighted by molar-refractivity contribution is 7.11. The van der Waals surface area contributed by atoms with Crippen LogP contribution < -0.4 is 5.32 Å². The number of aryl methyl sites for hydroxylation is 2. The van der Waals surface area contributed by atoms with E-state index in [0.717, 1.165) is 22.0 Å². The van der Waals surface area contributed by atoms with Gasteiger partial charge in [0.2, 0.25) is 5.91 Å². The number of carboxylic acids is 1. The van der Waals surface area contributed by atoms with Gasteiger partial charge < -0.3 is 10.4 Å². The normalized spacial score (nSPS) is 29.8. The molecule has 1 aromatic rings. The zero-order valence-corrected chi connectivity index (χ0v) is 12.8. The summed E-state index contributed by atoms with van der Waals surface area (Å²) >= 11 is 1.57. The molecule has 2 bridgehead atoms. The van der Waals surface area contributed by atoms with E-state index in [4.69, 9.17) is 0 Å². The number of hydrogen-bond donors (Lipinski definition) is 2. The number of amides is 1. The van der Waals surface area contributed by atoms with Crippen LogP contribution in [0.1, 0.15) is 22.0 Å². The fraction of sp³-hybridized carbons (Fsp3) is 0.533. The Morgan fingerprint density at radius 3 is 2.57 bits per heavy atom. The van der Waals surface area contributed by atoms with Gasteiger partial charge in [-0.25, -0.2) is 4.98 Å². The Kier molecular flexibility index (Phi) is 3.57. The molecule has 0 spiro atoms. The lowest BCUT2D eigenvalue weighted by atomic mass is 9.82. The molecule has 0 radical (unpaired) electrons. The number of hydrogen-bond acceptors (Lipinski definition) is 4. The maximum atomic E-state index is 12.4. The first-order valence-corrected chi connectivity index (χ1v) is 7.90. The largest absolute Gasteiger partial charge is 0.481 e. The number of thiazole rings is 1. The lowest BCUT2D eigenvalue weighted by Gasteiger charge is -2.23. The number of fused-ring (bicyclic) bond motifs is 2. The highest BCUT2D eigenvalue weighted by Crippen LogP contribution is 2.48. The number of rotatable bonds is 4. The number of aliphatic carboxylic acids is 1. The standard InChI is InChI=1S/C15H18N2O3S/c1-7-8(2)21-11(17-7)6-16-14(18)12-9-3-4-10(5-9)13(12)15(19)20/h3-4,9-10,12-13H,5-6H2,1-2H3,(H,16,18)(H,19,20). The van der Waals surface area contributed by atoms with E-state index < -0.39 is 17.8 Å². The van der Waals surface area contributed by atoms with Gasteiger partial charge in [0.15, 0.2) is 0 Å². The summed E-state index contributed by atoms with van der Waals surface area (Å²) in [7, 11) is 0. The predicted molar refractivity (Wildman–Crippen MR) is 78.8 cm³/mol. The van der Waals surface area contributed by atoms with Gasteiger partial charge in [0.25, 0.3) is 0 Å². The first-order chi connectivity index (χ1) is 9.97. The molecule has 1 heterocycles. The van der Waals surface area contributed by atoms with Crippen molar-refractivity contribution in [2.45, 2.75) is 26.8 Å². The summed E-state index contributed by atoms with van der Waals surface area (Å²) in [6.45, 7) is 4.32. The second kappa shape index (κ2) is 5.26. The lowest BCUT2D eigenvalue weighted by Crippen LogP contribution is -2.39. The van der Waals surface area contributed by atoms with Crippen molar-refractivity contribution >= 4 is 23.2 Å². The molecule has 1 amide bonds. The number of aromatic nitrogens is 1. The van der Waals surface area contributed by atoms with Gasteiger partial charge in [-0.15, -0.1) is 11.3 Å². The van der Waals surface area contributed by atoms with Gasteiger partial charge >= 0.3 is 5.97 Å². The molecule has 3 rings (SSSR count). The van der Waals surface area contributed by atoms with E-state index in [0.29, 0.717) is 6.54 Å². The molecular weight excluding hydrogens is 288 g/mol. The molecule has 2 N–H and O–H groups in total. The quantitative estimate of drug-likeness (QED) is 0.833. The van der Waals surface area contributed by atoms with E-state index in [1.807, 2.05) is 26.0 Å². The van der Waals surface area contributed by atoms with E-state index in [-0.39, 0.29) is 17.7 Å². The summed E-state index contributed by atoms with van der Waals surface area (Å²) in [5.41, 5.74) is 0.982. The van der Waals surface area contributed by atoms with Crippen molar-refractivity contribution in [3.8, 4) is 0 Å². The molecule has 0 aliphatic heterocycles. The number of allylic oxidation sites excluding steroid dienone is 2. The van der Waals surface area contributed by atoms with Crippen molar-refractivity contribution in [3.05, 3.63) is 27.7 Å². The molecule has 1 aromatic heterocycles. The molecule has 5 nitrogen and oxygen atoms in total. The van der Waals surface area contributed by atoms with Crippen molar-refractivity contribution in [3.63, 3.8) is 0 Å². The molecule has 4 unspecified atom stereocenters. The maximum Gasteiger partial charge on any atom is 0.307 e. The van der Waals surface area contributed by atoms with Crippen LogP contribution in [-0.2, 0) is 16.1 Å². The van der Waals surface area contributed by atoms with Gasteiger partial charge in [-0.3, -0.25) is 9.59 Å². The fourth-order valence-corrected chi connectivity index (χ4v) is 4.29. The second-order valence-electron chi connectivity index (χ2n) is 5.81. The third-order valence-electron chi connectivity index (χ3n) is 4.53. The van der Waals surface area contributed by atoms with E-state index in [9.17, 15) is 14.7 Å². The molecule has 0 aromatic carbocycles. The number of nitrogens with zero attached hydrogens (tertiary/aromatic N) is 1. The first-order valence-electron chi connectivity index (χ1n) is 7.09. The number of carboxylic acid groups (broad SMARTS) is 1. The topological polar surface area (TPSA) is 79.3 Å². The molecule has 0 saturated heterocycles. The molecule has 1 fully saturated rings. The van der Waals surface area contributed by atoms with Gasteiger partial charge in [0, 0.05) is 4.88 Å². The van der Waals surface area contributed by atoms with Crippen LogP contribution in [-0.4, -0.2) is 22.0 Å². The molecule has 2 aliphatic carbocycles. The monoisotopic (exact) mass is 306 g/mol. The minimum absolute atomic E-state index is 0.00704. The average Bonchev–Trinajstić information content (AvgIpc) is 3.11. The molecular formula is C15H18N2O3S. The van der Waals surface area contributed by atoms with Crippen molar-refractivity contribution in [1.82, 2.24) is 10.3 Å². The molecule has 6 heteroatoms. The van der Waals surface area contributed by atoms with E-state index in [2.05, 4.69) is 10.3 Å². The van der Waals surface area contributed by atoms with Crippen molar-refractivity contribution in [1.29, 1.82) is 0 Å². The van der Waals surface area contributed by atoms with Gasteiger partial charge in [0.1, 0.15) is 5.01 Å². The molecule has 2 aliphatic rings. The summed E-state index contributed by atoms with van der Waals surface area (Å²) < 4.78 is 0. The van der Waals surface area contributed by atoms with Crippen LogP contribution in [0.5, 0.6) is 0 Å². The summed E-state index contributed by atoms with van der Waals surface area (Å²) in [4.78, 5) is 29.3. The van der Waals surface area contributed by atoms with Gasteiger partial charge in [-0.1, -0.05) is 12.2 Å². The minimum Gasteiger partial charge on any atom is -0.481 e. The van der Waals surface area contributed by atoms with E-state index in [1.54, 1.807) is 11.3 Å². The van der Waals surface area contributed by atoms with E-state index >= 15 is 0 Å². The third kappa shape index (κ3) is 2.48. The molecule has 21 heavy (non-hydrogen) atoms. The summed E-state index contributed by atoms with van der Waals surface area (Å²) in [6.07, 6.45) is 4.72. The second-order valence-corrected chi connectivity index (χ2v) is 7.09. The Hall–Kier alpha value is -1.69. The summed E-state index contributed by atoms with van der Waals surface area (Å²) in [5, 5.41) is 13.1. The van der Waals surface area contributed by atoms with E-state index in [1.165, 1.54) is 0 Å². The van der Waals surface area contributed by atoms with Crippen LogP contribution in [0.4, 0.5) is 0 Å². The Balaban J connectivity index is 1.67. The molecule has 1 saturated carbocycles. The van der Waals surface area contributed by atoms with Crippen LogP contribution in [0.3, 0.4) is 0 Å². The number of carbonyl (C=O) groups excluding carboxylic acids is 1. The van der Waals surface area contributed by atoms with Gasteiger partial charge in [-0.2, -0.15) is 0 Å². The Morgan fingerprint density at radius 2 is 2.00 bits per heavy atom. The zero-order chi connectivity index (χ0) is 15.1. The predicted octanol–water partition coefficient (Wildman–Crippen LogP) is 1.90.